The molecule has 4 heteroatoms. The van der Waals surface area contributed by atoms with E-state index < -0.39 is 0 Å². The van der Waals surface area contributed by atoms with Gasteiger partial charge >= 0.3 is 88.2 Å². The number of nitrogens with zero attached hydrogens (tertiary/aromatic N) is 1. The number of hydrogen-bond acceptors (Lipinski definition) is 1. The summed E-state index contributed by atoms with van der Waals surface area (Å²) in [7, 11) is 0. The summed E-state index contributed by atoms with van der Waals surface area (Å²) >= 11 is 6.00. The molecule has 1 aromatic rings. The minimum atomic E-state index is 0.498. The van der Waals surface area contributed by atoms with E-state index in [4.69, 9.17) is 5.73 Å². The van der Waals surface area contributed by atoms with Crippen LogP contribution in [0.5, 0.6) is 0 Å². The van der Waals surface area contributed by atoms with Gasteiger partial charge in [0.05, 0.1) is 0 Å². The fourth-order valence-corrected chi connectivity index (χ4v) is 1.16. The Morgan fingerprint density at radius 3 is 2.50 bits per heavy atom. The number of hydrogen-bond donors (Lipinski definition) is 1. The van der Waals surface area contributed by atoms with Gasteiger partial charge in [-0.15, -0.1) is 0 Å². The number of aliphatic imine (C=N–C) groups is 1. The summed E-state index contributed by atoms with van der Waals surface area (Å²) in [5, 5.41) is 0. The van der Waals surface area contributed by atoms with Crippen molar-refractivity contribution in [3.05, 3.63) is 34.3 Å². The molecule has 0 amide bonds. The first-order valence-electron chi connectivity index (χ1n) is 3.40. The summed E-state index contributed by atoms with van der Waals surface area (Å²) in [5.74, 6) is 0. The Hall–Kier alpha value is -0.311. The van der Waals surface area contributed by atoms with Crippen molar-refractivity contribution < 1.29 is 0 Å². The predicted octanol–water partition coefficient (Wildman–Crippen LogP) is 1.43. The molecule has 0 heterocycles. The fourth-order valence-electron chi connectivity index (χ4n) is 0.759. The van der Waals surface area contributed by atoms with Crippen LogP contribution in [0, 0.1) is 0 Å². The summed E-state index contributed by atoms with van der Waals surface area (Å²) in [6.07, 6.45) is 0. The van der Waals surface area contributed by atoms with Crippen LogP contribution in [0.2, 0.25) is 0 Å². The Bertz CT molecular complexity index is 278. The molecule has 0 saturated heterocycles. The molecule has 0 aliphatic rings. The Morgan fingerprint density at radius 1 is 1.42 bits per heavy atom. The van der Waals surface area contributed by atoms with Crippen molar-refractivity contribution in [2.45, 2.75) is 6.54 Å². The monoisotopic (exact) mass is 291 g/mol. The van der Waals surface area contributed by atoms with E-state index >= 15 is 0 Å². The molecule has 12 heavy (non-hydrogen) atoms. The third-order valence-electron chi connectivity index (χ3n) is 1.33. The van der Waals surface area contributed by atoms with Crippen LogP contribution in [0.1, 0.15) is 5.56 Å². The first-order valence-corrected chi connectivity index (χ1v) is 5.05. The third kappa shape index (κ3) is 3.39. The zero-order valence-corrected chi connectivity index (χ0v) is 9.63. The van der Waals surface area contributed by atoms with Crippen LogP contribution in [0.3, 0.4) is 0 Å². The second kappa shape index (κ2) is 4.65. The van der Waals surface area contributed by atoms with Crippen molar-refractivity contribution in [1.82, 2.24) is 0 Å². The quantitative estimate of drug-likeness (QED) is 0.500. The average Bonchev–Trinajstić information content (AvgIpc) is 2.03. The van der Waals surface area contributed by atoms with Crippen LogP contribution >= 0.6 is 15.9 Å². The molecule has 1 rings (SSSR count). The molecular formula is C8H8BrN2Se. The van der Waals surface area contributed by atoms with Crippen LogP contribution in [0.4, 0.5) is 0 Å². The Morgan fingerprint density at radius 2 is 2.00 bits per heavy atom. The second-order valence-corrected chi connectivity index (χ2v) is 4.07. The zero-order chi connectivity index (χ0) is 8.97. The van der Waals surface area contributed by atoms with Gasteiger partial charge in [-0.1, -0.05) is 0 Å². The summed E-state index contributed by atoms with van der Waals surface area (Å²) in [6, 6.07) is 7.99. The molecule has 2 N–H and O–H groups in total. The molecule has 0 aliphatic carbocycles. The normalized spacial score (nSPS) is 11.6. The number of benzene rings is 1. The topological polar surface area (TPSA) is 38.4 Å². The van der Waals surface area contributed by atoms with E-state index in [1.165, 1.54) is 0 Å². The van der Waals surface area contributed by atoms with Gasteiger partial charge in [-0.05, 0) is 0 Å². The van der Waals surface area contributed by atoms with Gasteiger partial charge in [-0.25, -0.2) is 0 Å². The summed E-state index contributed by atoms with van der Waals surface area (Å²) in [5.41, 5.74) is 6.50. The average molecular weight is 291 g/mol. The molecule has 0 spiro atoms. The van der Waals surface area contributed by atoms with E-state index in [0.717, 1.165) is 10.0 Å². The molecule has 0 aromatic heterocycles. The van der Waals surface area contributed by atoms with Crippen molar-refractivity contribution in [3.63, 3.8) is 0 Å². The SMILES string of the molecule is NC([Se])=NCc1ccc(Br)cc1. The van der Waals surface area contributed by atoms with Crippen molar-refractivity contribution in [1.29, 1.82) is 0 Å². The van der Waals surface area contributed by atoms with Crippen molar-refractivity contribution in [3.8, 4) is 0 Å². The maximum atomic E-state index is 5.36. The molecule has 0 bridgehead atoms. The predicted molar refractivity (Wildman–Crippen MR) is 55.2 cm³/mol. The molecule has 0 unspecified atom stereocenters. The molecule has 0 aliphatic heterocycles. The molecular weight excluding hydrogens is 283 g/mol. The number of nitrogens with two attached hydrogens (primary N) is 1. The number of amidine groups is 1. The Kier molecular flexibility index (Phi) is 3.79. The van der Waals surface area contributed by atoms with E-state index in [0.29, 0.717) is 11.3 Å². The van der Waals surface area contributed by atoms with Gasteiger partial charge in [0.15, 0.2) is 0 Å². The molecule has 0 saturated carbocycles. The van der Waals surface area contributed by atoms with Gasteiger partial charge < -0.3 is 0 Å². The van der Waals surface area contributed by atoms with Crippen LogP contribution in [0.15, 0.2) is 33.7 Å². The molecule has 2 nitrogen and oxygen atoms in total. The van der Waals surface area contributed by atoms with E-state index in [1.54, 1.807) is 0 Å². The fraction of sp³-hybridized carbons (Fsp3) is 0.125. The Labute approximate surface area is 88.2 Å². The van der Waals surface area contributed by atoms with Crippen molar-refractivity contribution in [2.75, 3.05) is 0 Å². The Balaban J connectivity index is 2.65. The van der Waals surface area contributed by atoms with E-state index in [-0.39, 0.29) is 0 Å². The maximum absolute atomic E-state index is 5.36. The summed E-state index contributed by atoms with van der Waals surface area (Å²) in [6.45, 7) is 0.631. The van der Waals surface area contributed by atoms with Crippen LogP contribution < -0.4 is 5.73 Å². The van der Waals surface area contributed by atoms with E-state index in [1.807, 2.05) is 24.3 Å². The van der Waals surface area contributed by atoms with Crippen molar-refractivity contribution in [2.24, 2.45) is 10.7 Å². The molecule has 1 aromatic carbocycles. The van der Waals surface area contributed by atoms with Crippen molar-refractivity contribution >= 4 is 36.7 Å². The van der Waals surface area contributed by atoms with Crippen LogP contribution in [-0.2, 0) is 6.54 Å². The van der Waals surface area contributed by atoms with Gasteiger partial charge in [0.25, 0.3) is 0 Å². The minimum absolute atomic E-state index is 0.498. The van der Waals surface area contributed by atoms with Crippen LogP contribution in [0.25, 0.3) is 0 Å². The summed E-state index contributed by atoms with van der Waals surface area (Å²) < 4.78 is 1.57. The van der Waals surface area contributed by atoms with Crippen LogP contribution in [-0.4, -0.2) is 20.7 Å². The summed E-state index contributed by atoms with van der Waals surface area (Å²) in [4.78, 5) is 4.05. The first kappa shape index (κ1) is 9.78. The standard InChI is InChI=1S/C8H8BrN2Se/c9-7-3-1-6(2-4-7)5-11-8(10)12/h1-4H,5H2,(H2,10,11). The zero-order valence-electron chi connectivity index (χ0n) is 6.33. The second-order valence-electron chi connectivity index (χ2n) is 2.28. The van der Waals surface area contributed by atoms with E-state index in [9.17, 15) is 0 Å². The van der Waals surface area contributed by atoms with Gasteiger partial charge in [-0.2, -0.15) is 0 Å². The van der Waals surface area contributed by atoms with E-state index in [2.05, 4.69) is 36.9 Å². The number of halogens is 1. The number of rotatable bonds is 2. The van der Waals surface area contributed by atoms with Gasteiger partial charge in [-0.3, -0.25) is 0 Å². The third-order valence-corrected chi connectivity index (χ3v) is 2.13. The molecule has 0 fully saturated rings. The molecule has 63 valence electrons. The molecule has 0 atom stereocenters. The van der Waals surface area contributed by atoms with Gasteiger partial charge in [0.2, 0.25) is 0 Å². The van der Waals surface area contributed by atoms with Gasteiger partial charge in [0, 0.05) is 0 Å². The van der Waals surface area contributed by atoms with Gasteiger partial charge in [0.1, 0.15) is 0 Å². The first-order chi connectivity index (χ1) is 5.68. The molecule has 1 radical (unpaired) electrons.